The Morgan fingerprint density at radius 1 is 0.359 bits per heavy atom. The second-order valence-electron chi connectivity index (χ2n) is 24.2. The van der Waals surface area contributed by atoms with Crippen molar-refractivity contribution >= 4 is 11.9 Å². The van der Waals surface area contributed by atoms with Gasteiger partial charge < -0.3 is 20.3 Å². The van der Waals surface area contributed by atoms with E-state index < -0.39 is 12.1 Å². The maximum absolute atomic E-state index is 12.5. The molecule has 0 aromatic rings. The Bertz CT molecular complexity index is 1260. The van der Waals surface area contributed by atoms with Crippen LogP contribution in [0.4, 0.5) is 0 Å². The van der Waals surface area contributed by atoms with Crippen LogP contribution in [0.25, 0.3) is 0 Å². The summed E-state index contributed by atoms with van der Waals surface area (Å²) in [7, 11) is 0. The van der Waals surface area contributed by atoms with E-state index in [2.05, 4.69) is 55.6 Å². The molecule has 0 saturated heterocycles. The van der Waals surface area contributed by atoms with E-state index in [0.717, 1.165) is 51.4 Å². The molecule has 0 fully saturated rings. The minimum absolute atomic E-state index is 0.00341. The molecule has 1 amide bonds. The van der Waals surface area contributed by atoms with Gasteiger partial charge >= 0.3 is 5.97 Å². The quantitative estimate of drug-likeness (QED) is 0.0320. The number of ether oxygens (including phenoxy) is 1. The first-order chi connectivity index (χ1) is 38.5. The van der Waals surface area contributed by atoms with Crippen LogP contribution >= 0.6 is 0 Å². The number of carbonyl (C=O) groups excluding carboxylic acids is 2. The Kier molecular flexibility index (Phi) is 65.9. The predicted molar refractivity (Wildman–Crippen MR) is 343 cm³/mol. The number of esters is 1. The number of carbonyl (C=O) groups is 2. The first-order valence-corrected chi connectivity index (χ1v) is 35.2. The van der Waals surface area contributed by atoms with Gasteiger partial charge in [-0.1, -0.05) is 326 Å². The van der Waals surface area contributed by atoms with Crippen molar-refractivity contribution in [3.05, 3.63) is 36.5 Å². The zero-order valence-corrected chi connectivity index (χ0v) is 52.7. The molecule has 0 heterocycles. The van der Waals surface area contributed by atoms with Gasteiger partial charge in [-0.05, 0) is 83.5 Å². The van der Waals surface area contributed by atoms with Crippen molar-refractivity contribution in [3.63, 3.8) is 0 Å². The Morgan fingerprint density at radius 3 is 1.01 bits per heavy atom. The van der Waals surface area contributed by atoms with Crippen LogP contribution in [-0.4, -0.2) is 47.4 Å². The normalized spacial score (nSPS) is 12.7. The van der Waals surface area contributed by atoms with Crippen molar-refractivity contribution in [2.75, 3.05) is 13.2 Å². The van der Waals surface area contributed by atoms with Gasteiger partial charge in [0.1, 0.15) is 0 Å². The summed E-state index contributed by atoms with van der Waals surface area (Å²) in [4.78, 5) is 24.6. The van der Waals surface area contributed by atoms with Crippen LogP contribution in [0.15, 0.2) is 36.5 Å². The summed E-state index contributed by atoms with van der Waals surface area (Å²) in [5.74, 6) is -0.0273. The number of hydrogen-bond donors (Lipinski definition) is 3. The summed E-state index contributed by atoms with van der Waals surface area (Å²) in [6, 6.07) is -0.540. The van der Waals surface area contributed by atoms with E-state index >= 15 is 0 Å². The van der Waals surface area contributed by atoms with Crippen LogP contribution in [0.1, 0.15) is 386 Å². The number of rotatable bonds is 66. The Balaban J connectivity index is 3.37. The molecule has 0 aromatic heterocycles. The molecular formula is C72H137NO5. The average Bonchev–Trinajstić information content (AvgIpc) is 3.44. The highest BCUT2D eigenvalue weighted by atomic mass is 16.5. The van der Waals surface area contributed by atoms with Crippen molar-refractivity contribution in [1.82, 2.24) is 5.32 Å². The number of hydrogen-bond acceptors (Lipinski definition) is 5. The van der Waals surface area contributed by atoms with E-state index in [1.807, 2.05) is 0 Å². The van der Waals surface area contributed by atoms with Crippen molar-refractivity contribution in [2.45, 2.75) is 398 Å². The van der Waals surface area contributed by atoms with E-state index in [-0.39, 0.29) is 18.5 Å². The highest BCUT2D eigenvalue weighted by Gasteiger charge is 2.20. The third-order valence-corrected chi connectivity index (χ3v) is 16.4. The number of aliphatic hydroxyl groups is 2. The molecule has 460 valence electrons. The summed E-state index contributed by atoms with van der Waals surface area (Å²) in [6.45, 7) is 4.95. The van der Waals surface area contributed by atoms with Gasteiger partial charge in [0, 0.05) is 12.8 Å². The zero-order valence-electron chi connectivity index (χ0n) is 52.7. The molecule has 0 radical (unpaired) electrons. The maximum Gasteiger partial charge on any atom is 0.305 e. The molecule has 0 bridgehead atoms. The maximum atomic E-state index is 12.5. The lowest BCUT2D eigenvalue weighted by molar-refractivity contribution is -0.143. The fourth-order valence-electron chi connectivity index (χ4n) is 11.0. The summed E-state index contributed by atoms with van der Waals surface area (Å²) in [5, 5.41) is 23.4. The number of nitrogens with one attached hydrogen (secondary N) is 1. The summed E-state index contributed by atoms with van der Waals surface area (Å²) < 4.78 is 5.49. The van der Waals surface area contributed by atoms with Crippen LogP contribution in [0.2, 0.25) is 0 Å². The highest BCUT2D eigenvalue weighted by Crippen LogP contribution is 2.18. The molecule has 0 aromatic carbocycles. The molecule has 0 aliphatic rings. The average molecular weight is 1100 g/mol. The fraction of sp³-hybridized carbons (Fsp3) is 0.889. The lowest BCUT2D eigenvalue weighted by Gasteiger charge is -2.22. The Labute approximate surface area is 487 Å². The topological polar surface area (TPSA) is 95.9 Å². The standard InChI is InChI=1S/C72H137NO5/c1-3-5-7-9-11-13-15-17-19-37-40-44-48-52-56-60-64-70(75)69(68-74)73-71(76)65-61-57-53-49-45-41-38-34-32-30-28-26-24-22-20-21-23-25-27-29-31-33-35-39-43-47-51-55-59-63-67-78-72(77)66-62-58-54-50-46-42-36-18-16-14-12-10-8-6-4-2/h12,14,18,21,23,36,69-70,74-75H,3-11,13,15-17,19-20,22,24-35,37-68H2,1-2H3,(H,73,76)/b14-12-,23-21-,36-18-. The summed E-state index contributed by atoms with van der Waals surface area (Å²) in [5.41, 5.74) is 0. The van der Waals surface area contributed by atoms with Gasteiger partial charge in [0.15, 0.2) is 0 Å². The molecule has 0 saturated carbocycles. The fourth-order valence-corrected chi connectivity index (χ4v) is 11.0. The minimum atomic E-state index is -0.663. The monoisotopic (exact) mass is 1100 g/mol. The van der Waals surface area contributed by atoms with E-state index in [9.17, 15) is 19.8 Å². The van der Waals surface area contributed by atoms with Gasteiger partial charge in [-0.2, -0.15) is 0 Å². The van der Waals surface area contributed by atoms with E-state index in [1.165, 1.54) is 302 Å². The largest absolute Gasteiger partial charge is 0.466 e. The van der Waals surface area contributed by atoms with Gasteiger partial charge in [-0.3, -0.25) is 9.59 Å². The summed E-state index contributed by atoms with van der Waals surface area (Å²) in [6.07, 6.45) is 86.2. The molecule has 2 atom stereocenters. The van der Waals surface area contributed by atoms with Crippen LogP contribution < -0.4 is 5.32 Å². The second-order valence-corrected chi connectivity index (χ2v) is 24.2. The molecule has 6 heteroatoms. The summed E-state index contributed by atoms with van der Waals surface area (Å²) >= 11 is 0. The van der Waals surface area contributed by atoms with Crippen molar-refractivity contribution in [1.29, 1.82) is 0 Å². The van der Waals surface area contributed by atoms with E-state index in [1.54, 1.807) is 0 Å². The van der Waals surface area contributed by atoms with Gasteiger partial charge in [0.05, 0.1) is 25.4 Å². The zero-order chi connectivity index (χ0) is 56.4. The van der Waals surface area contributed by atoms with E-state index in [0.29, 0.717) is 25.9 Å². The molecule has 78 heavy (non-hydrogen) atoms. The molecule has 2 unspecified atom stereocenters. The van der Waals surface area contributed by atoms with Crippen LogP contribution in [0, 0.1) is 0 Å². The minimum Gasteiger partial charge on any atom is -0.466 e. The van der Waals surface area contributed by atoms with Gasteiger partial charge in [-0.15, -0.1) is 0 Å². The number of aliphatic hydroxyl groups excluding tert-OH is 2. The first-order valence-electron chi connectivity index (χ1n) is 35.2. The third kappa shape index (κ3) is 63.3. The SMILES string of the molecule is CCCCC/C=C\C/C=C\CCCCCCCC(=O)OCCCCCCCCCCCCCC/C=C\CCCCCCCCCCCCCCCCC(=O)NC(CO)C(O)CCCCCCCCCCCCCCCCCC. The second kappa shape index (κ2) is 67.6. The highest BCUT2D eigenvalue weighted by molar-refractivity contribution is 5.76. The lowest BCUT2D eigenvalue weighted by atomic mass is 10.0. The molecule has 0 aliphatic carbocycles. The van der Waals surface area contributed by atoms with Gasteiger partial charge in [0.25, 0.3) is 0 Å². The molecule has 0 spiro atoms. The smallest absolute Gasteiger partial charge is 0.305 e. The molecule has 0 rings (SSSR count). The number of unbranched alkanes of at least 4 members (excludes halogenated alkanes) is 49. The molecular weight excluding hydrogens is 959 g/mol. The van der Waals surface area contributed by atoms with Crippen LogP contribution in [0.3, 0.4) is 0 Å². The van der Waals surface area contributed by atoms with Crippen molar-refractivity contribution < 1.29 is 24.5 Å². The third-order valence-electron chi connectivity index (χ3n) is 16.4. The van der Waals surface area contributed by atoms with Crippen molar-refractivity contribution in [2.24, 2.45) is 0 Å². The van der Waals surface area contributed by atoms with Gasteiger partial charge in [0.2, 0.25) is 5.91 Å². The van der Waals surface area contributed by atoms with Crippen LogP contribution in [0.5, 0.6) is 0 Å². The number of amides is 1. The Morgan fingerprint density at radius 2 is 0.641 bits per heavy atom. The lowest BCUT2D eigenvalue weighted by Crippen LogP contribution is -2.45. The van der Waals surface area contributed by atoms with Gasteiger partial charge in [-0.25, -0.2) is 0 Å². The molecule has 6 nitrogen and oxygen atoms in total. The number of allylic oxidation sites excluding steroid dienone is 6. The first kappa shape index (κ1) is 76.1. The Hall–Kier alpha value is -1.92. The molecule has 0 aliphatic heterocycles. The van der Waals surface area contributed by atoms with Crippen molar-refractivity contribution in [3.8, 4) is 0 Å². The van der Waals surface area contributed by atoms with Crippen LogP contribution in [-0.2, 0) is 14.3 Å². The predicted octanol–water partition coefficient (Wildman–Crippen LogP) is 22.7. The van der Waals surface area contributed by atoms with E-state index in [4.69, 9.17) is 4.74 Å². The molecule has 3 N–H and O–H groups in total.